The summed E-state index contributed by atoms with van der Waals surface area (Å²) in [6.45, 7) is 5.64. The number of nitrogens with zero attached hydrogens (tertiary/aromatic N) is 2. The highest BCUT2D eigenvalue weighted by Crippen LogP contribution is 2.12. The third kappa shape index (κ3) is 10.2. The Hall–Kier alpha value is -1.55. The van der Waals surface area contributed by atoms with Crippen molar-refractivity contribution in [2.45, 2.75) is 32.1 Å². The summed E-state index contributed by atoms with van der Waals surface area (Å²) in [5.74, 6) is 1.34. The number of hydrogen-bond acceptors (Lipinski definition) is 4. The molecule has 7 nitrogen and oxygen atoms in total. The highest BCUT2D eigenvalue weighted by atomic mass is 127. The van der Waals surface area contributed by atoms with Gasteiger partial charge in [-0.15, -0.1) is 24.0 Å². The summed E-state index contributed by atoms with van der Waals surface area (Å²) >= 11 is 0. The number of halogens is 1. The molecule has 2 rings (SSSR count). The van der Waals surface area contributed by atoms with Crippen LogP contribution >= 0.6 is 24.0 Å². The lowest BCUT2D eigenvalue weighted by Crippen LogP contribution is -2.42. The number of rotatable bonds is 9. The average molecular weight is 517 g/mol. The van der Waals surface area contributed by atoms with Crippen molar-refractivity contribution in [3.05, 3.63) is 29.8 Å². The summed E-state index contributed by atoms with van der Waals surface area (Å²) in [7, 11) is 3.35. The normalized spacial score (nSPS) is 15.0. The number of likely N-dealkylation sites (tertiary alicyclic amines) is 1. The van der Waals surface area contributed by atoms with Crippen molar-refractivity contribution in [1.82, 2.24) is 20.9 Å². The van der Waals surface area contributed by atoms with Crippen LogP contribution in [0.5, 0.6) is 5.75 Å². The van der Waals surface area contributed by atoms with Crippen LogP contribution < -0.4 is 20.7 Å². The lowest BCUT2D eigenvalue weighted by atomic mass is 10.2. The van der Waals surface area contributed by atoms with E-state index in [-0.39, 0.29) is 29.9 Å². The topological polar surface area (TPSA) is 78.0 Å². The molecule has 1 aliphatic heterocycles. The number of ether oxygens (including phenoxy) is 1. The summed E-state index contributed by atoms with van der Waals surface area (Å²) in [5.41, 5.74) is 0.593. The maximum absolute atomic E-state index is 12.2. The number of benzene rings is 1. The van der Waals surface area contributed by atoms with Crippen LogP contribution in [-0.2, 0) is 0 Å². The van der Waals surface area contributed by atoms with Gasteiger partial charge in [0.05, 0.1) is 7.11 Å². The fraction of sp³-hybridized carbons (Fsp3) is 0.619. The third-order valence-corrected chi connectivity index (χ3v) is 4.90. The molecule has 29 heavy (non-hydrogen) atoms. The molecule has 0 bridgehead atoms. The fourth-order valence-corrected chi connectivity index (χ4v) is 3.31. The Kier molecular flexibility index (Phi) is 13.5. The van der Waals surface area contributed by atoms with Crippen molar-refractivity contribution in [3.8, 4) is 5.75 Å². The number of hydrogen-bond donors (Lipinski definition) is 3. The number of aliphatic imine (C=N–C) groups is 1. The van der Waals surface area contributed by atoms with Crippen LogP contribution in [-0.4, -0.2) is 70.2 Å². The SMILES string of the molecule is CN=C(NCCCN1CCCCCC1)NCCNC(=O)c1cccc(OC)c1.I. The van der Waals surface area contributed by atoms with Crippen molar-refractivity contribution in [1.29, 1.82) is 0 Å². The number of carbonyl (C=O) groups is 1. The van der Waals surface area contributed by atoms with E-state index in [1.807, 2.05) is 12.1 Å². The molecule has 164 valence electrons. The smallest absolute Gasteiger partial charge is 0.251 e. The number of carbonyl (C=O) groups excluding carboxylic acids is 1. The minimum absolute atomic E-state index is 0. The number of amides is 1. The van der Waals surface area contributed by atoms with E-state index in [4.69, 9.17) is 4.74 Å². The Labute approximate surface area is 192 Å². The molecule has 3 N–H and O–H groups in total. The lowest BCUT2D eigenvalue weighted by molar-refractivity contribution is 0.0954. The molecule has 8 heteroatoms. The average Bonchev–Trinajstić information content (AvgIpc) is 3.01. The minimum Gasteiger partial charge on any atom is -0.497 e. The first-order valence-corrected chi connectivity index (χ1v) is 10.3. The second kappa shape index (κ2) is 15.3. The Morgan fingerprint density at radius 1 is 1.07 bits per heavy atom. The maximum Gasteiger partial charge on any atom is 0.251 e. The second-order valence-electron chi connectivity index (χ2n) is 7.02. The van der Waals surface area contributed by atoms with Gasteiger partial charge in [-0.25, -0.2) is 0 Å². The highest BCUT2D eigenvalue weighted by Gasteiger charge is 2.08. The summed E-state index contributed by atoms with van der Waals surface area (Å²) in [6.07, 6.45) is 6.52. The first kappa shape index (κ1) is 25.5. The standard InChI is InChI=1S/C21H35N5O2.HI/c1-22-21(24-11-8-16-26-14-5-3-4-6-15-26)25-13-12-23-20(27)18-9-7-10-19(17-18)28-2;/h7,9-10,17H,3-6,8,11-16H2,1-2H3,(H,23,27)(H2,22,24,25);1H. The first-order chi connectivity index (χ1) is 13.7. The van der Waals surface area contributed by atoms with E-state index in [0.29, 0.717) is 24.4 Å². The van der Waals surface area contributed by atoms with Gasteiger partial charge in [-0.3, -0.25) is 9.79 Å². The maximum atomic E-state index is 12.2. The van der Waals surface area contributed by atoms with E-state index in [9.17, 15) is 4.79 Å². The van der Waals surface area contributed by atoms with Crippen LogP contribution in [0.25, 0.3) is 0 Å². The Morgan fingerprint density at radius 3 is 2.45 bits per heavy atom. The molecule has 1 heterocycles. The minimum atomic E-state index is -0.110. The molecule has 1 aliphatic rings. The molecule has 0 unspecified atom stereocenters. The molecule has 1 amide bonds. The van der Waals surface area contributed by atoms with Gasteiger partial charge in [0.1, 0.15) is 5.75 Å². The van der Waals surface area contributed by atoms with Gasteiger partial charge < -0.3 is 25.6 Å². The Bertz CT molecular complexity index is 619. The first-order valence-electron chi connectivity index (χ1n) is 10.3. The van der Waals surface area contributed by atoms with E-state index < -0.39 is 0 Å². The third-order valence-electron chi connectivity index (χ3n) is 4.90. The van der Waals surface area contributed by atoms with Crippen LogP contribution in [0, 0.1) is 0 Å². The van der Waals surface area contributed by atoms with Gasteiger partial charge in [-0.2, -0.15) is 0 Å². The van der Waals surface area contributed by atoms with E-state index >= 15 is 0 Å². The molecular weight excluding hydrogens is 481 g/mol. The fourth-order valence-electron chi connectivity index (χ4n) is 3.31. The predicted octanol–water partition coefficient (Wildman–Crippen LogP) is 2.47. The molecular formula is C21H36IN5O2. The summed E-state index contributed by atoms with van der Waals surface area (Å²) in [6, 6.07) is 7.13. The van der Waals surface area contributed by atoms with Crippen molar-refractivity contribution in [2.24, 2.45) is 4.99 Å². The predicted molar refractivity (Wildman–Crippen MR) is 130 cm³/mol. The molecule has 0 atom stereocenters. The molecule has 0 saturated carbocycles. The van der Waals surface area contributed by atoms with Crippen molar-refractivity contribution in [3.63, 3.8) is 0 Å². The van der Waals surface area contributed by atoms with Crippen LogP contribution in [0.1, 0.15) is 42.5 Å². The lowest BCUT2D eigenvalue weighted by Gasteiger charge is -2.20. The summed E-state index contributed by atoms with van der Waals surface area (Å²) in [4.78, 5) is 19.0. The van der Waals surface area contributed by atoms with E-state index in [1.54, 1.807) is 26.3 Å². The van der Waals surface area contributed by atoms with Crippen LogP contribution in [0.4, 0.5) is 0 Å². The molecule has 1 fully saturated rings. The molecule has 0 spiro atoms. The van der Waals surface area contributed by atoms with E-state index in [1.165, 1.54) is 38.8 Å². The zero-order chi connectivity index (χ0) is 20.0. The van der Waals surface area contributed by atoms with Crippen LogP contribution in [0.15, 0.2) is 29.3 Å². The van der Waals surface area contributed by atoms with E-state index in [0.717, 1.165) is 25.5 Å². The number of nitrogens with one attached hydrogen (secondary N) is 3. The molecule has 1 saturated heterocycles. The number of guanidine groups is 1. The quantitative estimate of drug-likeness (QED) is 0.203. The van der Waals surface area contributed by atoms with Gasteiger partial charge >= 0.3 is 0 Å². The zero-order valence-corrected chi connectivity index (χ0v) is 20.0. The molecule has 0 radical (unpaired) electrons. The Balaban J connectivity index is 0.00000420. The van der Waals surface area contributed by atoms with Gasteiger partial charge in [-0.1, -0.05) is 18.9 Å². The summed E-state index contributed by atoms with van der Waals surface area (Å²) in [5, 5.41) is 9.48. The monoisotopic (exact) mass is 517 g/mol. The second-order valence-corrected chi connectivity index (χ2v) is 7.02. The van der Waals surface area contributed by atoms with Gasteiger partial charge in [0.15, 0.2) is 5.96 Å². The van der Waals surface area contributed by atoms with Crippen LogP contribution in [0.2, 0.25) is 0 Å². The number of methoxy groups -OCH3 is 1. The molecule has 1 aromatic rings. The molecule has 0 aliphatic carbocycles. The van der Waals surface area contributed by atoms with Gasteiger partial charge in [0, 0.05) is 32.2 Å². The zero-order valence-electron chi connectivity index (χ0n) is 17.7. The van der Waals surface area contributed by atoms with Gasteiger partial charge in [0.25, 0.3) is 5.91 Å². The van der Waals surface area contributed by atoms with Crippen molar-refractivity contribution >= 4 is 35.8 Å². The largest absolute Gasteiger partial charge is 0.497 e. The highest BCUT2D eigenvalue weighted by molar-refractivity contribution is 14.0. The Morgan fingerprint density at radius 2 is 1.76 bits per heavy atom. The van der Waals surface area contributed by atoms with Crippen LogP contribution in [0.3, 0.4) is 0 Å². The van der Waals surface area contributed by atoms with E-state index in [2.05, 4.69) is 25.8 Å². The van der Waals surface area contributed by atoms with Gasteiger partial charge in [-0.05, 0) is 57.1 Å². The van der Waals surface area contributed by atoms with Crippen molar-refractivity contribution < 1.29 is 9.53 Å². The molecule has 0 aromatic heterocycles. The van der Waals surface area contributed by atoms with Gasteiger partial charge in [0.2, 0.25) is 0 Å². The van der Waals surface area contributed by atoms with Crippen molar-refractivity contribution in [2.75, 3.05) is 53.4 Å². The molecule has 1 aromatic carbocycles. The summed E-state index contributed by atoms with van der Waals surface area (Å²) < 4.78 is 5.15.